The van der Waals surface area contributed by atoms with E-state index in [1.165, 1.54) is 0 Å². The molecule has 60 valence electrons. The highest BCUT2D eigenvalue weighted by molar-refractivity contribution is 6.31. The molecular weight excluding hydrogens is 158 g/mol. The molecule has 1 nitrogen and oxygen atoms in total. The SMILES string of the molecule is Cc1cc(Cl)c(C)c(N)c1C. The second-order valence-corrected chi connectivity index (χ2v) is 3.25. The van der Waals surface area contributed by atoms with Gasteiger partial charge in [0.1, 0.15) is 0 Å². The maximum Gasteiger partial charge on any atom is 0.0458 e. The van der Waals surface area contributed by atoms with Crippen LogP contribution in [0.25, 0.3) is 0 Å². The van der Waals surface area contributed by atoms with E-state index in [9.17, 15) is 0 Å². The van der Waals surface area contributed by atoms with E-state index in [4.69, 9.17) is 17.3 Å². The number of nitrogens with two attached hydrogens (primary N) is 1. The number of benzene rings is 1. The van der Waals surface area contributed by atoms with Gasteiger partial charge in [0.2, 0.25) is 0 Å². The number of nitrogen functional groups attached to an aromatic ring is 1. The molecule has 0 atom stereocenters. The Morgan fingerprint density at radius 1 is 1.18 bits per heavy atom. The monoisotopic (exact) mass is 169 g/mol. The fraction of sp³-hybridized carbons (Fsp3) is 0.333. The van der Waals surface area contributed by atoms with Gasteiger partial charge in [-0.2, -0.15) is 0 Å². The first-order valence-corrected chi connectivity index (χ1v) is 3.93. The molecule has 0 bridgehead atoms. The van der Waals surface area contributed by atoms with Gasteiger partial charge < -0.3 is 5.73 Å². The molecule has 2 heteroatoms. The van der Waals surface area contributed by atoms with Gasteiger partial charge in [-0.25, -0.2) is 0 Å². The van der Waals surface area contributed by atoms with Crippen molar-refractivity contribution >= 4 is 17.3 Å². The molecule has 0 amide bonds. The second kappa shape index (κ2) is 2.74. The quantitative estimate of drug-likeness (QED) is 0.594. The Bertz CT molecular complexity index is 266. The van der Waals surface area contributed by atoms with Crippen LogP contribution in [0.4, 0.5) is 5.69 Å². The third-order valence-electron chi connectivity index (χ3n) is 2.10. The van der Waals surface area contributed by atoms with Crippen LogP contribution in [0.5, 0.6) is 0 Å². The lowest BCUT2D eigenvalue weighted by Crippen LogP contribution is -1.96. The van der Waals surface area contributed by atoms with Crippen LogP contribution in [0.2, 0.25) is 5.02 Å². The lowest BCUT2D eigenvalue weighted by Gasteiger charge is -2.08. The predicted octanol–water partition coefficient (Wildman–Crippen LogP) is 2.85. The fourth-order valence-electron chi connectivity index (χ4n) is 1.03. The van der Waals surface area contributed by atoms with Crippen LogP contribution in [-0.2, 0) is 0 Å². The Kier molecular flexibility index (Phi) is 2.10. The van der Waals surface area contributed by atoms with Crippen LogP contribution in [0.3, 0.4) is 0 Å². The van der Waals surface area contributed by atoms with Gasteiger partial charge in [0.05, 0.1) is 0 Å². The largest absolute Gasteiger partial charge is 0.398 e. The highest BCUT2D eigenvalue weighted by Crippen LogP contribution is 2.26. The summed E-state index contributed by atoms with van der Waals surface area (Å²) in [6, 6.07) is 1.95. The normalized spacial score (nSPS) is 10.2. The van der Waals surface area contributed by atoms with E-state index in [0.29, 0.717) is 0 Å². The summed E-state index contributed by atoms with van der Waals surface area (Å²) in [4.78, 5) is 0. The maximum atomic E-state index is 5.91. The molecule has 0 heterocycles. The summed E-state index contributed by atoms with van der Waals surface area (Å²) in [5.74, 6) is 0. The van der Waals surface area contributed by atoms with Crippen molar-refractivity contribution in [1.29, 1.82) is 0 Å². The van der Waals surface area contributed by atoms with Gasteiger partial charge in [0.25, 0.3) is 0 Å². The zero-order valence-corrected chi connectivity index (χ0v) is 7.79. The highest BCUT2D eigenvalue weighted by Gasteiger charge is 2.04. The van der Waals surface area contributed by atoms with E-state index < -0.39 is 0 Å². The molecule has 0 aliphatic rings. The standard InChI is InChI=1S/C9H12ClN/c1-5-4-8(10)7(3)9(11)6(5)2/h4H,11H2,1-3H3. The molecule has 0 saturated carbocycles. The molecule has 0 spiro atoms. The minimum absolute atomic E-state index is 0.755. The number of halogens is 1. The summed E-state index contributed by atoms with van der Waals surface area (Å²) < 4.78 is 0. The van der Waals surface area contributed by atoms with E-state index in [-0.39, 0.29) is 0 Å². The molecule has 0 unspecified atom stereocenters. The van der Waals surface area contributed by atoms with Crippen molar-refractivity contribution in [3.05, 3.63) is 27.8 Å². The van der Waals surface area contributed by atoms with Gasteiger partial charge in [0, 0.05) is 10.7 Å². The van der Waals surface area contributed by atoms with E-state index in [1.54, 1.807) is 0 Å². The molecule has 1 aromatic carbocycles. The van der Waals surface area contributed by atoms with Gasteiger partial charge in [-0.1, -0.05) is 11.6 Å². The van der Waals surface area contributed by atoms with Crippen LogP contribution in [0.1, 0.15) is 16.7 Å². The first-order valence-electron chi connectivity index (χ1n) is 3.56. The van der Waals surface area contributed by atoms with Crippen molar-refractivity contribution in [2.45, 2.75) is 20.8 Å². The van der Waals surface area contributed by atoms with Crippen LogP contribution in [0, 0.1) is 20.8 Å². The fourth-order valence-corrected chi connectivity index (χ4v) is 1.29. The van der Waals surface area contributed by atoms with Crippen LogP contribution in [0.15, 0.2) is 6.07 Å². The van der Waals surface area contributed by atoms with Crippen molar-refractivity contribution in [1.82, 2.24) is 0 Å². The van der Waals surface area contributed by atoms with Gasteiger partial charge >= 0.3 is 0 Å². The maximum absolute atomic E-state index is 5.91. The van der Waals surface area contributed by atoms with Crippen molar-refractivity contribution in [2.24, 2.45) is 0 Å². The van der Waals surface area contributed by atoms with Gasteiger partial charge in [0.15, 0.2) is 0 Å². The predicted molar refractivity (Wildman–Crippen MR) is 50.1 cm³/mol. The Labute approximate surface area is 72.2 Å². The number of rotatable bonds is 0. The number of hydrogen-bond acceptors (Lipinski definition) is 1. The summed E-state index contributed by atoms with van der Waals surface area (Å²) >= 11 is 5.91. The van der Waals surface area contributed by atoms with E-state index in [0.717, 1.165) is 27.4 Å². The molecule has 0 radical (unpaired) electrons. The minimum atomic E-state index is 0.755. The van der Waals surface area contributed by atoms with Gasteiger partial charge in [-0.05, 0) is 43.5 Å². The third kappa shape index (κ3) is 1.33. The molecule has 0 aliphatic heterocycles. The molecule has 1 aromatic rings. The Balaban J connectivity index is 3.46. The summed E-state index contributed by atoms with van der Waals surface area (Å²) in [5, 5.41) is 0.755. The summed E-state index contributed by atoms with van der Waals surface area (Å²) in [7, 11) is 0. The first-order chi connectivity index (χ1) is 5.04. The topological polar surface area (TPSA) is 26.0 Å². The molecule has 0 saturated heterocycles. The smallest absolute Gasteiger partial charge is 0.0458 e. The van der Waals surface area contributed by atoms with Crippen LogP contribution >= 0.6 is 11.6 Å². The van der Waals surface area contributed by atoms with Crippen molar-refractivity contribution in [3.8, 4) is 0 Å². The highest BCUT2D eigenvalue weighted by atomic mass is 35.5. The summed E-state index contributed by atoms with van der Waals surface area (Å²) in [5.41, 5.74) is 9.88. The average Bonchev–Trinajstić information content (AvgIpc) is 1.97. The summed E-state index contributed by atoms with van der Waals surface area (Å²) in [6.07, 6.45) is 0. The Morgan fingerprint density at radius 2 is 1.73 bits per heavy atom. The summed E-state index contributed by atoms with van der Waals surface area (Å²) in [6.45, 7) is 5.95. The Morgan fingerprint density at radius 3 is 2.27 bits per heavy atom. The second-order valence-electron chi connectivity index (χ2n) is 2.84. The number of anilines is 1. The molecule has 11 heavy (non-hydrogen) atoms. The molecular formula is C9H12ClN. The van der Waals surface area contributed by atoms with Gasteiger partial charge in [-0.3, -0.25) is 0 Å². The van der Waals surface area contributed by atoms with Gasteiger partial charge in [-0.15, -0.1) is 0 Å². The third-order valence-corrected chi connectivity index (χ3v) is 2.49. The molecule has 0 aromatic heterocycles. The minimum Gasteiger partial charge on any atom is -0.398 e. The van der Waals surface area contributed by atoms with Crippen molar-refractivity contribution in [2.75, 3.05) is 5.73 Å². The molecule has 0 fully saturated rings. The zero-order chi connectivity index (χ0) is 8.59. The van der Waals surface area contributed by atoms with E-state index in [2.05, 4.69) is 0 Å². The number of hydrogen-bond donors (Lipinski definition) is 1. The average molecular weight is 170 g/mol. The molecule has 0 aliphatic carbocycles. The number of aryl methyl sites for hydroxylation is 1. The molecule has 2 N–H and O–H groups in total. The zero-order valence-electron chi connectivity index (χ0n) is 7.03. The van der Waals surface area contributed by atoms with Crippen LogP contribution < -0.4 is 5.73 Å². The lowest BCUT2D eigenvalue weighted by molar-refractivity contribution is 1.30. The van der Waals surface area contributed by atoms with Crippen molar-refractivity contribution < 1.29 is 0 Å². The van der Waals surface area contributed by atoms with E-state index >= 15 is 0 Å². The molecule has 1 rings (SSSR count). The Hall–Kier alpha value is -0.690. The van der Waals surface area contributed by atoms with E-state index in [1.807, 2.05) is 26.8 Å². The lowest BCUT2D eigenvalue weighted by atomic mass is 10.0. The first kappa shape index (κ1) is 8.41. The van der Waals surface area contributed by atoms with Crippen LogP contribution in [-0.4, -0.2) is 0 Å². The van der Waals surface area contributed by atoms with Crippen molar-refractivity contribution in [3.63, 3.8) is 0 Å².